The summed E-state index contributed by atoms with van der Waals surface area (Å²) in [4.78, 5) is 0. The fourth-order valence-electron chi connectivity index (χ4n) is 4.16. The molecule has 0 saturated heterocycles. The first kappa shape index (κ1) is 20.3. The Bertz CT molecular complexity index is 989. The molecule has 0 N–H and O–H groups in total. The number of hydrogen-bond acceptors (Lipinski definition) is 0. The van der Waals surface area contributed by atoms with E-state index in [1.54, 1.807) is 0 Å². The molecule has 146 valence electrons. The van der Waals surface area contributed by atoms with E-state index in [0.717, 1.165) is 0 Å². The highest BCUT2D eigenvalue weighted by Crippen LogP contribution is 2.34. The van der Waals surface area contributed by atoms with Crippen LogP contribution in [0.5, 0.6) is 0 Å². The second-order valence-corrected chi connectivity index (χ2v) is 9.64. The average molecular weight is 373 g/mol. The molecule has 0 aliphatic heterocycles. The average Bonchev–Trinajstić information content (AvgIpc) is 2.63. The molecule has 2 aromatic carbocycles. The van der Waals surface area contributed by atoms with Crippen molar-refractivity contribution in [1.82, 2.24) is 0 Å². The Labute approximate surface area is 171 Å². The number of pyridine rings is 1. The summed E-state index contributed by atoms with van der Waals surface area (Å²) in [6.45, 7) is 15.9. The SMILES string of the molecule is Cc1cc(C(C)(C)c2ccccc2)ccc1-c1cc(C)c(C(C)(C)C)c[n+]1C. The van der Waals surface area contributed by atoms with Crippen LogP contribution in [0.25, 0.3) is 11.3 Å². The number of nitrogens with zero attached hydrogens (tertiary/aromatic N) is 1. The van der Waals surface area contributed by atoms with Crippen LogP contribution in [0, 0.1) is 13.8 Å². The number of hydrogen-bond donors (Lipinski definition) is 0. The van der Waals surface area contributed by atoms with Crippen LogP contribution < -0.4 is 4.57 Å². The smallest absolute Gasteiger partial charge is 0.201 e. The molecule has 1 heteroatoms. The third-order valence-electron chi connectivity index (χ3n) is 6.01. The van der Waals surface area contributed by atoms with E-state index in [0.29, 0.717) is 0 Å². The topological polar surface area (TPSA) is 3.88 Å². The van der Waals surface area contributed by atoms with Gasteiger partial charge in [0.15, 0.2) is 6.20 Å². The van der Waals surface area contributed by atoms with E-state index in [9.17, 15) is 0 Å². The first-order valence-corrected chi connectivity index (χ1v) is 10.2. The van der Waals surface area contributed by atoms with Crippen molar-refractivity contribution in [3.05, 3.63) is 88.6 Å². The van der Waals surface area contributed by atoms with Crippen molar-refractivity contribution in [3.63, 3.8) is 0 Å². The minimum absolute atomic E-state index is 0.0151. The standard InChI is InChI=1S/C27H34N/c1-19-16-22(27(6,7)21-12-10-9-11-13-21)14-15-23(19)25-17-20(2)24(18-28(25)8)26(3,4)5/h9-18H,1-8H3/q+1. The van der Waals surface area contributed by atoms with Gasteiger partial charge in [-0.2, -0.15) is 0 Å². The van der Waals surface area contributed by atoms with Gasteiger partial charge in [0.2, 0.25) is 5.69 Å². The van der Waals surface area contributed by atoms with E-state index in [-0.39, 0.29) is 10.8 Å². The lowest BCUT2D eigenvalue weighted by Crippen LogP contribution is -2.34. The molecule has 0 atom stereocenters. The third-order valence-corrected chi connectivity index (χ3v) is 6.01. The summed E-state index contributed by atoms with van der Waals surface area (Å²) in [5.74, 6) is 0. The van der Waals surface area contributed by atoms with Crippen molar-refractivity contribution >= 4 is 0 Å². The van der Waals surface area contributed by atoms with Crippen LogP contribution in [0.4, 0.5) is 0 Å². The predicted molar refractivity (Wildman–Crippen MR) is 120 cm³/mol. The molecule has 0 aliphatic rings. The molecule has 1 nitrogen and oxygen atoms in total. The Kier molecular flexibility index (Phi) is 5.23. The molecule has 0 spiro atoms. The summed E-state index contributed by atoms with van der Waals surface area (Å²) in [6.07, 6.45) is 2.30. The fourth-order valence-corrected chi connectivity index (χ4v) is 4.16. The predicted octanol–water partition coefficient (Wildman–Crippen LogP) is 6.42. The van der Waals surface area contributed by atoms with Gasteiger partial charge in [0.25, 0.3) is 0 Å². The van der Waals surface area contributed by atoms with Gasteiger partial charge in [-0.1, -0.05) is 77.1 Å². The van der Waals surface area contributed by atoms with E-state index in [1.165, 1.54) is 39.1 Å². The molecular weight excluding hydrogens is 338 g/mol. The maximum Gasteiger partial charge on any atom is 0.212 e. The molecule has 1 aromatic heterocycles. The lowest BCUT2D eigenvalue weighted by Gasteiger charge is -2.27. The molecule has 0 unspecified atom stereocenters. The van der Waals surface area contributed by atoms with E-state index in [1.807, 2.05) is 0 Å². The van der Waals surface area contributed by atoms with Crippen LogP contribution in [0.15, 0.2) is 60.8 Å². The van der Waals surface area contributed by atoms with Crippen molar-refractivity contribution in [2.24, 2.45) is 7.05 Å². The number of benzene rings is 2. The zero-order chi connectivity index (χ0) is 20.7. The number of rotatable bonds is 3. The Morgan fingerprint density at radius 2 is 1.36 bits per heavy atom. The number of aromatic nitrogens is 1. The Morgan fingerprint density at radius 1 is 0.714 bits per heavy atom. The van der Waals surface area contributed by atoms with Gasteiger partial charge < -0.3 is 0 Å². The van der Waals surface area contributed by atoms with Crippen LogP contribution in [0.1, 0.15) is 62.4 Å². The normalized spacial score (nSPS) is 12.3. The van der Waals surface area contributed by atoms with E-state index in [4.69, 9.17) is 0 Å². The highest BCUT2D eigenvalue weighted by Gasteiger charge is 2.26. The van der Waals surface area contributed by atoms with Crippen molar-refractivity contribution in [1.29, 1.82) is 0 Å². The van der Waals surface area contributed by atoms with Gasteiger partial charge in [-0.15, -0.1) is 0 Å². The molecule has 0 aliphatic carbocycles. The molecule has 3 aromatic rings. The second-order valence-electron chi connectivity index (χ2n) is 9.64. The summed E-state index contributed by atoms with van der Waals surface area (Å²) in [5.41, 5.74) is 9.49. The van der Waals surface area contributed by atoms with Gasteiger partial charge >= 0.3 is 0 Å². The summed E-state index contributed by atoms with van der Waals surface area (Å²) >= 11 is 0. The molecule has 28 heavy (non-hydrogen) atoms. The highest BCUT2D eigenvalue weighted by molar-refractivity contribution is 5.63. The molecule has 1 heterocycles. The van der Waals surface area contributed by atoms with Crippen molar-refractivity contribution < 1.29 is 4.57 Å². The lowest BCUT2D eigenvalue weighted by atomic mass is 9.77. The van der Waals surface area contributed by atoms with Crippen LogP contribution >= 0.6 is 0 Å². The maximum atomic E-state index is 2.36. The van der Waals surface area contributed by atoms with Crippen LogP contribution in [-0.2, 0) is 17.9 Å². The highest BCUT2D eigenvalue weighted by atomic mass is 14.9. The zero-order valence-electron chi connectivity index (χ0n) is 18.7. The Hall–Kier alpha value is -2.41. The Morgan fingerprint density at radius 3 is 1.93 bits per heavy atom. The monoisotopic (exact) mass is 372 g/mol. The lowest BCUT2D eigenvalue weighted by molar-refractivity contribution is -0.661. The number of aryl methyl sites for hydroxylation is 3. The molecule has 0 fully saturated rings. The summed E-state index contributed by atoms with van der Waals surface area (Å²) < 4.78 is 2.28. The third kappa shape index (κ3) is 3.76. The molecule has 0 radical (unpaired) electrons. The summed E-state index contributed by atoms with van der Waals surface area (Å²) in [7, 11) is 2.16. The summed E-state index contributed by atoms with van der Waals surface area (Å²) in [6, 6.07) is 20.0. The minimum atomic E-state index is -0.0151. The van der Waals surface area contributed by atoms with Crippen molar-refractivity contribution in [3.8, 4) is 11.3 Å². The summed E-state index contributed by atoms with van der Waals surface area (Å²) in [5, 5.41) is 0. The van der Waals surface area contributed by atoms with Crippen molar-refractivity contribution in [2.75, 3.05) is 0 Å². The van der Waals surface area contributed by atoms with Gasteiger partial charge in [-0.05, 0) is 47.6 Å². The second kappa shape index (κ2) is 7.20. The first-order valence-electron chi connectivity index (χ1n) is 10.2. The maximum absolute atomic E-state index is 2.36. The first-order chi connectivity index (χ1) is 13.0. The van der Waals surface area contributed by atoms with Crippen LogP contribution in [0.2, 0.25) is 0 Å². The van der Waals surface area contributed by atoms with Gasteiger partial charge in [0.05, 0.1) is 0 Å². The van der Waals surface area contributed by atoms with Crippen LogP contribution in [-0.4, -0.2) is 0 Å². The van der Waals surface area contributed by atoms with E-state index >= 15 is 0 Å². The molecule has 0 bridgehead atoms. The zero-order valence-corrected chi connectivity index (χ0v) is 18.7. The largest absolute Gasteiger partial charge is 0.212 e. The molecule has 0 saturated carbocycles. The molecular formula is C27H34N+. The van der Waals surface area contributed by atoms with Crippen molar-refractivity contribution in [2.45, 2.75) is 59.3 Å². The van der Waals surface area contributed by atoms with E-state index in [2.05, 4.69) is 121 Å². The van der Waals surface area contributed by atoms with Gasteiger partial charge in [0.1, 0.15) is 7.05 Å². The van der Waals surface area contributed by atoms with E-state index < -0.39 is 0 Å². The van der Waals surface area contributed by atoms with Crippen LogP contribution in [0.3, 0.4) is 0 Å². The quantitative estimate of drug-likeness (QED) is 0.467. The van der Waals surface area contributed by atoms with Gasteiger partial charge in [0, 0.05) is 22.6 Å². The fraction of sp³-hybridized carbons (Fsp3) is 0.370. The minimum Gasteiger partial charge on any atom is -0.201 e. The van der Waals surface area contributed by atoms with Gasteiger partial charge in [-0.3, -0.25) is 0 Å². The Balaban J connectivity index is 2.06. The molecule has 3 rings (SSSR count). The van der Waals surface area contributed by atoms with Gasteiger partial charge in [-0.25, -0.2) is 4.57 Å². The molecule has 0 amide bonds.